The maximum absolute atomic E-state index is 9.60. The van der Waals surface area contributed by atoms with E-state index in [-0.39, 0.29) is 31.0 Å². The Hall–Kier alpha value is -0.280. The van der Waals surface area contributed by atoms with E-state index >= 15 is 0 Å². The van der Waals surface area contributed by atoms with Crippen molar-refractivity contribution in [3.8, 4) is 0 Å². The lowest BCUT2D eigenvalue weighted by Crippen LogP contribution is -2.58. The Morgan fingerprint density at radius 2 is 1.29 bits per heavy atom. The summed E-state index contributed by atoms with van der Waals surface area (Å²) in [6.45, 7) is 12.3. The van der Waals surface area contributed by atoms with E-state index in [0.717, 1.165) is 13.0 Å². The largest absolute Gasteiger partial charge is 0.395 e. The van der Waals surface area contributed by atoms with Gasteiger partial charge >= 0.3 is 0 Å². The predicted octanol–water partition coefficient (Wildman–Crippen LogP) is 3.82. The quantitative estimate of drug-likeness (QED) is 0.434. The maximum atomic E-state index is 9.60. The number of nitrogens with zero attached hydrogens (tertiary/aromatic N) is 1. The summed E-state index contributed by atoms with van der Waals surface area (Å²) >= 11 is 0. The summed E-state index contributed by atoms with van der Waals surface area (Å²) in [6.07, 6.45) is 8.95. The summed E-state index contributed by atoms with van der Waals surface area (Å²) in [5.41, 5.74) is 0. The third-order valence-electron chi connectivity index (χ3n) is 6.43. The molecule has 0 aromatic carbocycles. The SMILES string of the molecule is CCCCCCCCCCN(CCO)C[C@H]1O[C@@H]2OC(C)(C)O[C@@H]2[C@H]2OC(C)(C)O[C@H]21. The lowest BCUT2D eigenvalue weighted by molar-refractivity contribution is -0.236. The van der Waals surface area contributed by atoms with Crippen LogP contribution < -0.4 is 0 Å². The van der Waals surface area contributed by atoms with Crippen LogP contribution in [-0.4, -0.2) is 78.5 Å². The summed E-state index contributed by atoms with van der Waals surface area (Å²) in [5, 5.41) is 9.60. The molecule has 3 aliphatic heterocycles. The van der Waals surface area contributed by atoms with Crippen LogP contribution in [0.3, 0.4) is 0 Å². The van der Waals surface area contributed by atoms with E-state index in [9.17, 15) is 5.11 Å². The van der Waals surface area contributed by atoms with Gasteiger partial charge < -0.3 is 28.8 Å². The molecule has 182 valence electrons. The molecule has 7 heteroatoms. The molecular formula is C24H45NO6. The Balaban J connectivity index is 1.52. The first-order valence-corrected chi connectivity index (χ1v) is 12.4. The minimum atomic E-state index is -0.702. The van der Waals surface area contributed by atoms with Crippen molar-refractivity contribution in [2.24, 2.45) is 0 Å². The van der Waals surface area contributed by atoms with E-state index in [0.29, 0.717) is 13.1 Å². The van der Waals surface area contributed by atoms with Crippen LogP contribution in [0.5, 0.6) is 0 Å². The van der Waals surface area contributed by atoms with Gasteiger partial charge in [-0.15, -0.1) is 0 Å². The molecule has 3 aliphatic rings. The Morgan fingerprint density at radius 3 is 1.97 bits per heavy atom. The molecule has 3 saturated heterocycles. The molecule has 0 bridgehead atoms. The van der Waals surface area contributed by atoms with Gasteiger partial charge in [0.25, 0.3) is 0 Å². The van der Waals surface area contributed by atoms with Gasteiger partial charge in [-0.2, -0.15) is 0 Å². The van der Waals surface area contributed by atoms with Crippen LogP contribution in [0.4, 0.5) is 0 Å². The van der Waals surface area contributed by atoms with E-state index < -0.39 is 17.9 Å². The summed E-state index contributed by atoms with van der Waals surface area (Å²) in [4.78, 5) is 2.29. The van der Waals surface area contributed by atoms with Gasteiger partial charge in [-0.05, 0) is 40.7 Å². The molecule has 7 nitrogen and oxygen atoms in total. The molecule has 5 atom stereocenters. The van der Waals surface area contributed by atoms with Crippen LogP contribution in [-0.2, 0) is 23.7 Å². The number of hydrogen-bond acceptors (Lipinski definition) is 7. The van der Waals surface area contributed by atoms with Crippen molar-refractivity contribution < 1.29 is 28.8 Å². The van der Waals surface area contributed by atoms with E-state index in [1.54, 1.807) is 0 Å². The van der Waals surface area contributed by atoms with Crippen LogP contribution in [0.1, 0.15) is 86.0 Å². The molecule has 3 rings (SSSR count). The summed E-state index contributed by atoms with van der Waals surface area (Å²) in [7, 11) is 0. The minimum Gasteiger partial charge on any atom is -0.395 e. The lowest BCUT2D eigenvalue weighted by atomic mass is 9.98. The Morgan fingerprint density at radius 1 is 0.710 bits per heavy atom. The first-order valence-electron chi connectivity index (χ1n) is 12.4. The van der Waals surface area contributed by atoms with Crippen molar-refractivity contribution in [2.45, 2.75) is 128 Å². The Labute approximate surface area is 188 Å². The maximum Gasteiger partial charge on any atom is 0.190 e. The standard InChI is InChI=1S/C24H45NO6/c1-6-7-8-9-10-11-12-13-14-25(15-16-26)17-18-19-20(29-23(2,3)28-19)21-22(27-18)31-24(4,5)30-21/h18-22,26H,6-17H2,1-5H3/t18-,19+,20+,21-,22-/m1/s1. The molecule has 0 aromatic rings. The zero-order valence-corrected chi connectivity index (χ0v) is 20.3. The summed E-state index contributed by atoms with van der Waals surface area (Å²) in [6, 6.07) is 0. The van der Waals surface area contributed by atoms with Crippen molar-refractivity contribution in [3.05, 3.63) is 0 Å². The molecule has 1 N–H and O–H groups in total. The lowest BCUT2D eigenvalue weighted by Gasteiger charge is -2.39. The molecule has 0 aromatic heterocycles. The molecule has 0 saturated carbocycles. The number of rotatable bonds is 13. The Kier molecular flexibility index (Phi) is 9.18. The molecule has 0 radical (unpaired) electrons. The monoisotopic (exact) mass is 443 g/mol. The first kappa shape index (κ1) is 25.3. The number of aliphatic hydroxyl groups excluding tert-OH is 1. The van der Waals surface area contributed by atoms with Gasteiger partial charge in [0, 0.05) is 13.1 Å². The highest BCUT2D eigenvalue weighted by Crippen LogP contribution is 2.44. The molecule has 3 heterocycles. The van der Waals surface area contributed by atoms with Gasteiger partial charge in [0.15, 0.2) is 17.9 Å². The zero-order chi connectivity index (χ0) is 22.5. The molecule has 0 aliphatic carbocycles. The third-order valence-corrected chi connectivity index (χ3v) is 6.43. The van der Waals surface area contributed by atoms with Gasteiger partial charge in [0.1, 0.15) is 24.4 Å². The number of fused-ring (bicyclic) bond motifs is 3. The summed E-state index contributed by atoms with van der Waals surface area (Å²) < 4.78 is 30.9. The van der Waals surface area contributed by atoms with E-state index in [1.807, 2.05) is 27.7 Å². The number of hydrogen-bond donors (Lipinski definition) is 1. The van der Waals surface area contributed by atoms with Gasteiger partial charge in [-0.25, -0.2) is 0 Å². The van der Waals surface area contributed by atoms with Crippen LogP contribution in [0.2, 0.25) is 0 Å². The van der Waals surface area contributed by atoms with Gasteiger partial charge in [-0.3, -0.25) is 4.90 Å². The number of ether oxygens (including phenoxy) is 5. The minimum absolute atomic E-state index is 0.138. The smallest absolute Gasteiger partial charge is 0.190 e. The highest BCUT2D eigenvalue weighted by molar-refractivity contribution is 5.00. The topological polar surface area (TPSA) is 69.6 Å². The van der Waals surface area contributed by atoms with Gasteiger partial charge in [-0.1, -0.05) is 51.9 Å². The van der Waals surface area contributed by atoms with Crippen molar-refractivity contribution >= 4 is 0 Å². The molecule has 3 fully saturated rings. The van der Waals surface area contributed by atoms with E-state index in [1.165, 1.54) is 44.9 Å². The van der Waals surface area contributed by atoms with E-state index in [2.05, 4.69) is 11.8 Å². The molecule has 31 heavy (non-hydrogen) atoms. The first-order chi connectivity index (χ1) is 14.7. The average molecular weight is 444 g/mol. The fourth-order valence-electron chi connectivity index (χ4n) is 5.00. The fraction of sp³-hybridized carbons (Fsp3) is 1.00. The second kappa shape index (κ2) is 11.2. The summed E-state index contributed by atoms with van der Waals surface area (Å²) in [5.74, 6) is -1.38. The highest BCUT2D eigenvalue weighted by Gasteiger charge is 2.60. The van der Waals surface area contributed by atoms with E-state index in [4.69, 9.17) is 23.7 Å². The highest BCUT2D eigenvalue weighted by atomic mass is 16.9. The van der Waals surface area contributed by atoms with Crippen LogP contribution >= 0.6 is 0 Å². The van der Waals surface area contributed by atoms with Crippen molar-refractivity contribution in [3.63, 3.8) is 0 Å². The molecule has 0 amide bonds. The fourth-order valence-corrected chi connectivity index (χ4v) is 5.00. The zero-order valence-electron chi connectivity index (χ0n) is 20.3. The predicted molar refractivity (Wildman–Crippen MR) is 119 cm³/mol. The second-order valence-electron chi connectivity index (χ2n) is 10.2. The Bertz CT molecular complexity index is 542. The number of unbranched alkanes of at least 4 members (excludes halogenated alkanes) is 7. The third kappa shape index (κ3) is 7.10. The molecule has 0 unspecified atom stereocenters. The second-order valence-corrected chi connectivity index (χ2v) is 10.2. The molecule has 0 spiro atoms. The van der Waals surface area contributed by atoms with Gasteiger partial charge in [0.2, 0.25) is 0 Å². The normalized spacial score (nSPS) is 33.6. The van der Waals surface area contributed by atoms with Crippen molar-refractivity contribution in [1.29, 1.82) is 0 Å². The molecular weight excluding hydrogens is 398 g/mol. The van der Waals surface area contributed by atoms with Crippen molar-refractivity contribution in [1.82, 2.24) is 4.90 Å². The van der Waals surface area contributed by atoms with Crippen LogP contribution in [0.25, 0.3) is 0 Å². The van der Waals surface area contributed by atoms with Crippen molar-refractivity contribution in [2.75, 3.05) is 26.2 Å². The van der Waals surface area contributed by atoms with Crippen LogP contribution in [0, 0.1) is 0 Å². The average Bonchev–Trinajstić information content (AvgIpc) is 3.18. The van der Waals surface area contributed by atoms with Gasteiger partial charge in [0.05, 0.1) is 6.61 Å². The van der Waals surface area contributed by atoms with Crippen LogP contribution in [0.15, 0.2) is 0 Å². The number of aliphatic hydroxyl groups is 1.